The van der Waals surface area contributed by atoms with E-state index in [0.717, 1.165) is 22.2 Å². The fourth-order valence-corrected chi connectivity index (χ4v) is 2.94. The van der Waals surface area contributed by atoms with Crippen LogP contribution in [-0.4, -0.2) is 24.6 Å². The number of carbonyl (C=O) groups excluding carboxylic acids is 1. The van der Waals surface area contributed by atoms with Gasteiger partial charge in [0.2, 0.25) is 5.91 Å². The highest BCUT2D eigenvalue weighted by molar-refractivity contribution is 9.10. The molecule has 0 spiro atoms. The summed E-state index contributed by atoms with van der Waals surface area (Å²) < 4.78 is 5.99. The van der Waals surface area contributed by atoms with E-state index < -0.39 is 0 Å². The molecule has 4 nitrogen and oxygen atoms in total. The molecule has 21 heavy (non-hydrogen) atoms. The molecule has 1 aromatic carbocycles. The van der Waals surface area contributed by atoms with Crippen LogP contribution in [0.25, 0.3) is 0 Å². The number of hydrogen-bond acceptors (Lipinski definition) is 4. The maximum absolute atomic E-state index is 11.7. The van der Waals surface area contributed by atoms with Crippen LogP contribution >= 0.6 is 27.3 Å². The quantitative estimate of drug-likeness (QED) is 0.754. The zero-order valence-corrected chi connectivity index (χ0v) is 14.2. The summed E-state index contributed by atoms with van der Waals surface area (Å²) in [5.41, 5.74) is 1.22. The number of aromatic nitrogens is 1. The normalized spacial score (nSPS) is 10.6. The second-order valence-corrected chi connectivity index (χ2v) is 6.61. The summed E-state index contributed by atoms with van der Waals surface area (Å²) in [6, 6.07) is 8.20. The smallest absolute Gasteiger partial charge is 0.226 e. The Morgan fingerprint density at radius 2 is 2.14 bits per heavy atom. The molecule has 0 saturated heterocycles. The van der Waals surface area contributed by atoms with Crippen LogP contribution in [0.1, 0.15) is 23.3 Å². The molecule has 0 aliphatic carbocycles. The van der Waals surface area contributed by atoms with Crippen molar-refractivity contribution in [1.29, 1.82) is 0 Å². The van der Waals surface area contributed by atoms with Gasteiger partial charge in [-0.2, -0.15) is 0 Å². The first-order chi connectivity index (χ1) is 10.2. The molecule has 0 saturated carbocycles. The average molecular weight is 369 g/mol. The Balaban J connectivity index is 1.86. The number of nitrogens with zero attached hydrogens (tertiary/aromatic N) is 1. The monoisotopic (exact) mass is 368 g/mol. The number of rotatable bonds is 7. The van der Waals surface area contributed by atoms with Crippen molar-refractivity contribution in [3.05, 3.63) is 45.4 Å². The van der Waals surface area contributed by atoms with Gasteiger partial charge in [-0.25, -0.2) is 4.98 Å². The van der Waals surface area contributed by atoms with E-state index in [9.17, 15) is 4.79 Å². The molecule has 1 amide bonds. The minimum atomic E-state index is -0.0170. The molecule has 0 unspecified atom stereocenters. The van der Waals surface area contributed by atoms with Crippen LogP contribution in [0, 0.1) is 0 Å². The Hall–Kier alpha value is -1.24. The molecule has 1 N–H and O–H groups in total. The van der Waals surface area contributed by atoms with Crippen LogP contribution < -0.4 is 5.32 Å². The van der Waals surface area contributed by atoms with Gasteiger partial charge in [-0.1, -0.05) is 28.1 Å². The molecule has 2 rings (SSSR count). The summed E-state index contributed by atoms with van der Waals surface area (Å²) >= 11 is 4.94. The van der Waals surface area contributed by atoms with Crippen molar-refractivity contribution in [3.63, 3.8) is 0 Å². The lowest BCUT2D eigenvalue weighted by molar-refractivity contribution is -0.116. The van der Waals surface area contributed by atoms with E-state index in [0.29, 0.717) is 18.2 Å². The number of hydrogen-bond donors (Lipinski definition) is 1. The first kappa shape index (κ1) is 16.1. The Kier molecular flexibility index (Phi) is 6.35. The van der Waals surface area contributed by atoms with Gasteiger partial charge in [0.05, 0.1) is 0 Å². The van der Waals surface area contributed by atoms with Crippen LogP contribution in [0.5, 0.6) is 0 Å². The topological polar surface area (TPSA) is 51.2 Å². The van der Waals surface area contributed by atoms with Crippen molar-refractivity contribution in [2.45, 2.75) is 19.3 Å². The van der Waals surface area contributed by atoms with E-state index in [-0.39, 0.29) is 5.91 Å². The summed E-state index contributed by atoms with van der Waals surface area (Å²) in [5, 5.41) is 3.48. The van der Waals surface area contributed by atoms with Gasteiger partial charge >= 0.3 is 0 Å². The van der Waals surface area contributed by atoms with Gasteiger partial charge in [-0.3, -0.25) is 4.79 Å². The van der Waals surface area contributed by atoms with Gasteiger partial charge in [-0.15, -0.1) is 11.3 Å². The number of anilines is 1. The Bertz CT molecular complexity index is 584. The molecule has 2 aromatic rings. The van der Waals surface area contributed by atoms with Gasteiger partial charge in [0.1, 0.15) is 0 Å². The number of nitrogens with one attached hydrogen (secondary N) is 1. The number of halogens is 1. The van der Waals surface area contributed by atoms with E-state index in [4.69, 9.17) is 4.74 Å². The summed E-state index contributed by atoms with van der Waals surface area (Å²) in [6.07, 6.45) is 3.82. The van der Waals surface area contributed by atoms with Crippen LogP contribution in [0.15, 0.2) is 34.9 Å². The number of benzene rings is 1. The lowest BCUT2D eigenvalue weighted by atomic mass is 10.1. The molecular formula is C15H17BrN2O2S. The maximum atomic E-state index is 11.7. The van der Waals surface area contributed by atoms with E-state index in [1.54, 1.807) is 7.11 Å². The second-order valence-electron chi connectivity index (χ2n) is 4.58. The maximum Gasteiger partial charge on any atom is 0.226 e. The summed E-state index contributed by atoms with van der Waals surface area (Å²) in [5.74, 6) is -0.0170. The van der Waals surface area contributed by atoms with E-state index in [1.807, 2.05) is 18.3 Å². The third kappa shape index (κ3) is 5.57. The number of ether oxygens (including phenoxy) is 1. The van der Waals surface area contributed by atoms with Gasteiger partial charge in [-0.05, 0) is 24.1 Å². The van der Waals surface area contributed by atoms with Crippen molar-refractivity contribution in [2.75, 3.05) is 19.0 Å². The molecule has 0 aliphatic heterocycles. The average Bonchev–Trinajstić information content (AvgIpc) is 2.89. The van der Waals surface area contributed by atoms with Crippen LogP contribution in [-0.2, 0) is 16.0 Å². The first-order valence-corrected chi connectivity index (χ1v) is 8.26. The SMILES string of the molecule is COCCCC(=O)Nc1ncc(Cc2ccc(Br)cc2)s1. The number of thiazole rings is 1. The van der Waals surface area contributed by atoms with Gasteiger partial charge in [0.15, 0.2) is 5.13 Å². The van der Waals surface area contributed by atoms with Gasteiger partial charge < -0.3 is 10.1 Å². The standard InChI is InChI=1S/C15H17BrN2O2S/c1-20-8-2-3-14(19)18-15-17-10-13(21-15)9-11-4-6-12(16)7-5-11/h4-7,10H,2-3,8-9H2,1H3,(H,17,18,19). The number of amides is 1. The second kappa shape index (κ2) is 8.26. The van der Waals surface area contributed by atoms with Crippen molar-refractivity contribution in [2.24, 2.45) is 0 Å². The minimum absolute atomic E-state index is 0.0170. The molecule has 1 aromatic heterocycles. The van der Waals surface area contributed by atoms with Gasteiger partial charge in [0.25, 0.3) is 0 Å². The molecule has 0 aliphatic rings. The summed E-state index contributed by atoms with van der Waals surface area (Å²) in [4.78, 5) is 17.1. The van der Waals surface area contributed by atoms with E-state index >= 15 is 0 Å². The van der Waals surface area contributed by atoms with Crippen LogP contribution in [0.3, 0.4) is 0 Å². The highest BCUT2D eigenvalue weighted by atomic mass is 79.9. The summed E-state index contributed by atoms with van der Waals surface area (Å²) in [7, 11) is 1.63. The zero-order chi connectivity index (χ0) is 15.1. The van der Waals surface area contributed by atoms with Crippen molar-refractivity contribution >= 4 is 38.3 Å². The lowest BCUT2D eigenvalue weighted by Gasteiger charge is -2.01. The largest absolute Gasteiger partial charge is 0.385 e. The number of carbonyl (C=O) groups is 1. The molecule has 112 valence electrons. The fraction of sp³-hybridized carbons (Fsp3) is 0.333. The Morgan fingerprint density at radius 3 is 2.86 bits per heavy atom. The highest BCUT2D eigenvalue weighted by Crippen LogP contribution is 2.22. The zero-order valence-electron chi connectivity index (χ0n) is 11.8. The number of methoxy groups -OCH3 is 1. The Labute approximate surface area is 136 Å². The third-order valence-corrected chi connectivity index (χ3v) is 4.29. The molecule has 0 bridgehead atoms. The minimum Gasteiger partial charge on any atom is -0.385 e. The van der Waals surface area contributed by atoms with Crippen molar-refractivity contribution in [1.82, 2.24) is 4.98 Å². The van der Waals surface area contributed by atoms with Crippen LogP contribution in [0.4, 0.5) is 5.13 Å². The van der Waals surface area contributed by atoms with E-state index in [1.165, 1.54) is 16.9 Å². The summed E-state index contributed by atoms with van der Waals surface area (Å²) in [6.45, 7) is 0.597. The van der Waals surface area contributed by atoms with Crippen molar-refractivity contribution < 1.29 is 9.53 Å². The molecular weight excluding hydrogens is 352 g/mol. The molecule has 0 radical (unpaired) electrons. The predicted octanol–water partition coefficient (Wildman–Crippen LogP) is 3.86. The molecule has 0 atom stereocenters. The van der Waals surface area contributed by atoms with Crippen LogP contribution in [0.2, 0.25) is 0 Å². The van der Waals surface area contributed by atoms with Crippen molar-refractivity contribution in [3.8, 4) is 0 Å². The van der Waals surface area contributed by atoms with Gasteiger partial charge in [0, 0.05) is 42.1 Å². The molecule has 1 heterocycles. The molecule has 6 heteroatoms. The van der Waals surface area contributed by atoms with E-state index in [2.05, 4.69) is 38.4 Å². The first-order valence-electron chi connectivity index (χ1n) is 6.65. The molecule has 0 fully saturated rings. The third-order valence-electron chi connectivity index (χ3n) is 2.84. The lowest BCUT2D eigenvalue weighted by Crippen LogP contribution is -2.11. The Morgan fingerprint density at radius 1 is 1.38 bits per heavy atom. The predicted molar refractivity (Wildman–Crippen MR) is 88.8 cm³/mol. The highest BCUT2D eigenvalue weighted by Gasteiger charge is 2.07. The fourth-order valence-electron chi connectivity index (χ4n) is 1.81.